The van der Waals surface area contributed by atoms with Crippen molar-refractivity contribution in [3.05, 3.63) is 118 Å². The Morgan fingerprint density at radius 1 is 0.919 bits per heavy atom. The molecule has 1 aliphatic carbocycles. The van der Waals surface area contributed by atoms with E-state index < -0.39 is 6.04 Å². The quantitative estimate of drug-likeness (QED) is 0.300. The largest absolute Gasteiger partial charge is 0.354 e. The van der Waals surface area contributed by atoms with Crippen LogP contribution in [0.5, 0.6) is 0 Å². The van der Waals surface area contributed by atoms with Gasteiger partial charge in [0.1, 0.15) is 11.9 Å². The summed E-state index contributed by atoms with van der Waals surface area (Å²) in [7, 11) is 0. The summed E-state index contributed by atoms with van der Waals surface area (Å²) in [4.78, 5) is 29.0. The summed E-state index contributed by atoms with van der Waals surface area (Å²) < 4.78 is 13.6. The normalized spacial score (nSPS) is 13.9. The molecule has 4 nitrogen and oxygen atoms in total. The van der Waals surface area contributed by atoms with Gasteiger partial charge in [-0.25, -0.2) is 4.39 Å². The molecule has 0 aromatic heterocycles. The van der Waals surface area contributed by atoms with Gasteiger partial charge in [0.15, 0.2) is 0 Å². The molecule has 0 radical (unpaired) electrons. The number of amides is 2. The summed E-state index contributed by atoms with van der Waals surface area (Å²) in [5.41, 5.74) is 3.65. The number of nitrogens with zero attached hydrogens (tertiary/aromatic N) is 1. The molecule has 3 aromatic carbocycles. The van der Waals surface area contributed by atoms with Gasteiger partial charge in [0.25, 0.3) is 0 Å². The van der Waals surface area contributed by atoms with Gasteiger partial charge in [-0.2, -0.15) is 0 Å². The average Bonchev–Trinajstić information content (AvgIpc) is 2.92. The van der Waals surface area contributed by atoms with Gasteiger partial charge in [0.05, 0.1) is 6.42 Å². The second-order valence-electron chi connectivity index (χ2n) is 9.41. The zero-order chi connectivity index (χ0) is 26.0. The highest BCUT2D eigenvalue weighted by molar-refractivity contribution is 6.30. The summed E-state index contributed by atoms with van der Waals surface area (Å²) in [6.45, 7) is 0.689. The molecule has 192 valence electrons. The molecule has 0 aliphatic heterocycles. The molecule has 1 aliphatic rings. The number of hydrogen-bond acceptors (Lipinski definition) is 2. The average molecular weight is 519 g/mol. The number of benzene rings is 3. The molecule has 6 heteroatoms. The van der Waals surface area contributed by atoms with Crippen LogP contribution in [0, 0.1) is 5.82 Å². The third-order valence-electron chi connectivity index (χ3n) is 6.66. The lowest BCUT2D eigenvalue weighted by atomic mass is 9.97. The maximum Gasteiger partial charge on any atom is 0.247 e. The van der Waals surface area contributed by atoms with Gasteiger partial charge < -0.3 is 10.2 Å². The molecule has 1 atom stereocenters. The first-order chi connectivity index (χ1) is 18.0. The summed E-state index contributed by atoms with van der Waals surface area (Å²) in [6, 6.07) is 21.6. The monoisotopic (exact) mass is 518 g/mol. The molecule has 1 N–H and O–H groups in total. The van der Waals surface area contributed by atoms with Crippen LogP contribution in [0.25, 0.3) is 0 Å². The molecule has 0 saturated carbocycles. The lowest BCUT2D eigenvalue weighted by Gasteiger charge is -2.32. The standard InChI is InChI=1S/C31H32ClFN2O2/c32-27-15-11-24(12-16-27)21-29(36)35(22-25-13-17-28(33)18-14-25)30(26-9-5-2-6-10-26)31(37)34-20-19-23-7-3-1-4-8-23/h2,5-7,9-18,30H,1,3-4,8,19-22H2,(H,34,37). The Kier molecular flexibility index (Phi) is 9.50. The van der Waals surface area contributed by atoms with Crippen molar-refractivity contribution in [2.75, 3.05) is 6.54 Å². The molecule has 0 bridgehead atoms. The molecule has 0 spiro atoms. The van der Waals surface area contributed by atoms with Gasteiger partial charge in [0, 0.05) is 18.1 Å². The van der Waals surface area contributed by atoms with Crippen LogP contribution in [0.15, 0.2) is 90.5 Å². The van der Waals surface area contributed by atoms with Crippen molar-refractivity contribution in [2.24, 2.45) is 0 Å². The number of rotatable bonds is 10. The molecule has 0 saturated heterocycles. The van der Waals surface area contributed by atoms with E-state index in [1.54, 1.807) is 29.2 Å². The highest BCUT2D eigenvalue weighted by Crippen LogP contribution is 2.26. The van der Waals surface area contributed by atoms with E-state index >= 15 is 0 Å². The first-order valence-corrected chi connectivity index (χ1v) is 13.2. The summed E-state index contributed by atoms with van der Waals surface area (Å²) in [6.07, 6.45) is 7.79. The van der Waals surface area contributed by atoms with Crippen LogP contribution in [0.1, 0.15) is 54.8 Å². The molecule has 2 amide bonds. The van der Waals surface area contributed by atoms with E-state index in [1.165, 1.54) is 30.5 Å². The molecule has 0 heterocycles. The SMILES string of the molecule is O=C(NCCC1=CCCCC1)C(c1ccccc1)N(Cc1ccc(F)cc1)C(=O)Cc1ccc(Cl)cc1. The number of carbonyl (C=O) groups is 2. The van der Waals surface area contributed by atoms with E-state index in [9.17, 15) is 14.0 Å². The Morgan fingerprint density at radius 3 is 2.30 bits per heavy atom. The molecule has 4 rings (SSSR count). The number of halogens is 2. The van der Waals surface area contributed by atoms with Crippen molar-refractivity contribution < 1.29 is 14.0 Å². The van der Waals surface area contributed by atoms with Crippen LogP contribution in [0.3, 0.4) is 0 Å². The number of nitrogens with one attached hydrogen (secondary N) is 1. The zero-order valence-electron chi connectivity index (χ0n) is 20.8. The third kappa shape index (κ3) is 7.77. The predicted octanol–water partition coefficient (Wildman–Crippen LogP) is 6.80. The molecular weight excluding hydrogens is 487 g/mol. The minimum Gasteiger partial charge on any atom is -0.354 e. The lowest BCUT2D eigenvalue weighted by Crippen LogP contribution is -2.44. The van der Waals surface area contributed by atoms with E-state index in [1.807, 2.05) is 42.5 Å². The minimum absolute atomic E-state index is 0.113. The predicted molar refractivity (Wildman–Crippen MR) is 145 cm³/mol. The van der Waals surface area contributed by atoms with Crippen molar-refractivity contribution in [1.82, 2.24) is 10.2 Å². The lowest BCUT2D eigenvalue weighted by molar-refractivity contribution is -0.141. The third-order valence-corrected chi connectivity index (χ3v) is 6.91. The minimum atomic E-state index is -0.827. The van der Waals surface area contributed by atoms with Crippen LogP contribution >= 0.6 is 11.6 Å². The summed E-state index contributed by atoms with van der Waals surface area (Å²) in [5, 5.41) is 3.67. The van der Waals surface area contributed by atoms with Crippen LogP contribution < -0.4 is 5.32 Å². The Morgan fingerprint density at radius 2 is 1.62 bits per heavy atom. The van der Waals surface area contributed by atoms with Crippen LogP contribution in [-0.2, 0) is 22.6 Å². The fourth-order valence-corrected chi connectivity index (χ4v) is 4.80. The molecular formula is C31H32ClFN2O2. The van der Waals surface area contributed by atoms with Crippen molar-refractivity contribution in [1.29, 1.82) is 0 Å². The molecule has 3 aromatic rings. The van der Waals surface area contributed by atoms with E-state index in [-0.39, 0.29) is 30.6 Å². The van der Waals surface area contributed by atoms with E-state index in [2.05, 4.69) is 11.4 Å². The Bertz CT molecular complexity index is 1210. The van der Waals surface area contributed by atoms with Gasteiger partial charge in [-0.15, -0.1) is 0 Å². The summed E-state index contributed by atoms with van der Waals surface area (Å²) >= 11 is 6.02. The topological polar surface area (TPSA) is 49.4 Å². The number of carbonyl (C=O) groups excluding carboxylic acids is 2. The Labute approximate surface area is 223 Å². The van der Waals surface area contributed by atoms with Crippen molar-refractivity contribution in [3.63, 3.8) is 0 Å². The van der Waals surface area contributed by atoms with Crippen molar-refractivity contribution >= 4 is 23.4 Å². The smallest absolute Gasteiger partial charge is 0.247 e. The van der Waals surface area contributed by atoms with Gasteiger partial charge in [-0.1, -0.05) is 77.8 Å². The van der Waals surface area contributed by atoms with Crippen LogP contribution in [-0.4, -0.2) is 23.3 Å². The maximum atomic E-state index is 13.7. The van der Waals surface area contributed by atoms with E-state index in [4.69, 9.17) is 11.6 Å². The van der Waals surface area contributed by atoms with Gasteiger partial charge >= 0.3 is 0 Å². The fourth-order valence-electron chi connectivity index (χ4n) is 4.67. The zero-order valence-corrected chi connectivity index (χ0v) is 21.6. The van der Waals surface area contributed by atoms with Gasteiger partial charge in [0.2, 0.25) is 11.8 Å². The van der Waals surface area contributed by atoms with E-state index in [0.29, 0.717) is 11.6 Å². The second kappa shape index (κ2) is 13.2. The van der Waals surface area contributed by atoms with Crippen molar-refractivity contribution in [3.8, 4) is 0 Å². The summed E-state index contributed by atoms with van der Waals surface area (Å²) in [5.74, 6) is -0.781. The Balaban J connectivity index is 1.60. The highest BCUT2D eigenvalue weighted by Gasteiger charge is 2.31. The van der Waals surface area contributed by atoms with E-state index in [0.717, 1.165) is 36.0 Å². The highest BCUT2D eigenvalue weighted by atomic mass is 35.5. The number of hydrogen-bond donors (Lipinski definition) is 1. The van der Waals surface area contributed by atoms with Crippen molar-refractivity contribution in [2.45, 2.75) is 51.1 Å². The molecule has 0 fully saturated rings. The van der Waals surface area contributed by atoms with Crippen LogP contribution in [0.2, 0.25) is 5.02 Å². The first kappa shape index (κ1) is 26.6. The fraction of sp³-hybridized carbons (Fsp3) is 0.290. The van der Waals surface area contributed by atoms with Gasteiger partial charge in [-0.3, -0.25) is 9.59 Å². The number of allylic oxidation sites excluding steroid dienone is 1. The van der Waals surface area contributed by atoms with Gasteiger partial charge in [-0.05, 0) is 73.1 Å². The second-order valence-corrected chi connectivity index (χ2v) is 9.85. The maximum absolute atomic E-state index is 13.7. The molecule has 37 heavy (non-hydrogen) atoms. The first-order valence-electron chi connectivity index (χ1n) is 12.8. The Hall–Kier alpha value is -3.44. The molecule has 1 unspecified atom stereocenters. The van der Waals surface area contributed by atoms with Crippen LogP contribution in [0.4, 0.5) is 4.39 Å².